The van der Waals surface area contributed by atoms with Gasteiger partial charge < -0.3 is 10.1 Å². The number of anilines is 2. The molecule has 24 heavy (non-hydrogen) atoms. The van der Waals surface area contributed by atoms with E-state index in [1.807, 2.05) is 25.1 Å². The second-order valence-corrected chi connectivity index (χ2v) is 7.37. The summed E-state index contributed by atoms with van der Waals surface area (Å²) in [5.74, 6) is 0.260. The van der Waals surface area contributed by atoms with Gasteiger partial charge in [-0.2, -0.15) is 0 Å². The number of carbonyl (C=O) groups excluding carboxylic acids is 1. The van der Waals surface area contributed by atoms with Crippen LogP contribution in [0.3, 0.4) is 0 Å². The molecule has 7 heteroatoms. The molecule has 2 aromatic carbocycles. The highest BCUT2D eigenvalue weighted by molar-refractivity contribution is 7.91. The van der Waals surface area contributed by atoms with Crippen molar-refractivity contribution in [3.63, 3.8) is 0 Å². The van der Waals surface area contributed by atoms with Crippen LogP contribution in [0.1, 0.15) is 17.5 Å². The smallest absolute Gasteiger partial charge is 0.236 e. The number of carbonyl (C=O) groups is 1. The van der Waals surface area contributed by atoms with Gasteiger partial charge in [0.15, 0.2) is 0 Å². The van der Waals surface area contributed by atoms with Crippen molar-refractivity contribution in [3.05, 3.63) is 53.6 Å². The summed E-state index contributed by atoms with van der Waals surface area (Å²) in [6.07, 6.45) is 0.267. The fourth-order valence-corrected chi connectivity index (χ4v) is 3.77. The first-order valence-corrected chi connectivity index (χ1v) is 9.20. The summed E-state index contributed by atoms with van der Waals surface area (Å²) in [6.45, 7) is 2.18. The molecule has 0 saturated carbocycles. The summed E-state index contributed by atoms with van der Waals surface area (Å²) >= 11 is 0. The van der Waals surface area contributed by atoms with Gasteiger partial charge in [-0.3, -0.25) is 9.52 Å². The van der Waals surface area contributed by atoms with Crippen LogP contribution in [-0.2, 0) is 20.6 Å². The maximum atomic E-state index is 12.4. The van der Waals surface area contributed by atoms with Crippen molar-refractivity contribution in [1.82, 2.24) is 0 Å². The summed E-state index contributed by atoms with van der Waals surface area (Å²) in [4.78, 5) is 11.6. The number of hydrogen-bond acceptors (Lipinski definition) is 4. The van der Waals surface area contributed by atoms with Gasteiger partial charge in [-0.15, -0.1) is 0 Å². The van der Waals surface area contributed by atoms with E-state index in [1.165, 1.54) is 0 Å². The Bertz CT molecular complexity index is 878. The van der Waals surface area contributed by atoms with Crippen LogP contribution in [0.2, 0.25) is 0 Å². The second kappa shape index (κ2) is 6.52. The minimum atomic E-state index is -3.56. The summed E-state index contributed by atoms with van der Waals surface area (Å²) in [6, 6.07) is 12.2. The Balaban J connectivity index is 1.80. The molecule has 3 rings (SSSR count). The molecule has 0 atom stereocenters. The van der Waals surface area contributed by atoms with Gasteiger partial charge in [0.1, 0.15) is 5.75 Å². The fraction of sp³-hybridized carbons (Fsp3) is 0.235. The lowest BCUT2D eigenvalue weighted by molar-refractivity contribution is -0.116. The highest BCUT2D eigenvalue weighted by atomic mass is 32.2. The van der Waals surface area contributed by atoms with Gasteiger partial charge in [-0.1, -0.05) is 24.3 Å². The molecule has 1 aliphatic heterocycles. The number of ether oxygens (including phenoxy) is 1. The topological polar surface area (TPSA) is 84.5 Å². The molecule has 1 amide bonds. The average molecular weight is 346 g/mol. The van der Waals surface area contributed by atoms with Crippen LogP contribution in [0.5, 0.6) is 5.75 Å². The summed E-state index contributed by atoms with van der Waals surface area (Å²) in [5.41, 5.74) is 2.52. The zero-order chi connectivity index (χ0) is 17.2. The van der Waals surface area contributed by atoms with Crippen LogP contribution in [0, 0.1) is 6.92 Å². The molecule has 0 fully saturated rings. The van der Waals surface area contributed by atoms with Crippen molar-refractivity contribution >= 4 is 27.3 Å². The number of nitrogens with one attached hydrogen (secondary N) is 2. The van der Waals surface area contributed by atoms with E-state index in [9.17, 15) is 13.2 Å². The maximum absolute atomic E-state index is 12.4. The quantitative estimate of drug-likeness (QED) is 0.891. The van der Waals surface area contributed by atoms with Crippen LogP contribution < -0.4 is 14.8 Å². The lowest BCUT2D eigenvalue weighted by Gasteiger charge is -2.12. The minimum Gasteiger partial charge on any atom is -0.491 e. The number of aryl methyl sites for hydroxylation is 1. The highest BCUT2D eigenvalue weighted by Gasteiger charge is 2.17. The van der Waals surface area contributed by atoms with E-state index in [4.69, 9.17) is 4.74 Å². The third-order valence-electron chi connectivity index (χ3n) is 3.72. The Labute approximate surface area is 140 Å². The molecule has 126 valence electrons. The Morgan fingerprint density at radius 2 is 2.00 bits per heavy atom. The molecule has 1 aliphatic rings. The van der Waals surface area contributed by atoms with E-state index in [0.717, 1.165) is 11.1 Å². The molecule has 0 aliphatic carbocycles. The average Bonchev–Trinajstić information content (AvgIpc) is 2.69. The van der Waals surface area contributed by atoms with Crippen LogP contribution in [-0.4, -0.2) is 20.9 Å². The SMILES string of the molecule is Cc1ccccc1CS(=O)(=O)Nc1ccc2c(c1)NC(=O)CCO2. The third kappa shape index (κ3) is 3.86. The predicted molar refractivity (Wildman–Crippen MR) is 92.6 cm³/mol. The summed E-state index contributed by atoms with van der Waals surface area (Å²) in [7, 11) is -3.56. The van der Waals surface area contributed by atoms with Crippen molar-refractivity contribution in [2.45, 2.75) is 19.1 Å². The fourth-order valence-electron chi connectivity index (χ4n) is 2.48. The first kappa shape index (κ1) is 16.3. The normalized spacial score (nSPS) is 14.1. The molecular weight excluding hydrogens is 328 g/mol. The number of hydrogen-bond donors (Lipinski definition) is 2. The number of rotatable bonds is 4. The zero-order valence-electron chi connectivity index (χ0n) is 13.2. The molecule has 0 spiro atoms. The molecule has 6 nitrogen and oxygen atoms in total. The molecule has 2 N–H and O–H groups in total. The Kier molecular flexibility index (Phi) is 4.44. The molecule has 0 radical (unpaired) electrons. The molecule has 2 aromatic rings. The van der Waals surface area contributed by atoms with E-state index in [0.29, 0.717) is 23.7 Å². The van der Waals surface area contributed by atoms with Gasteiger partial charge in [0.05, 0.1) is 30.2 Å². The summed E-state index contributed by atoms with van der Waals surface area (Å²) in [5, 5.41) is 2.71. The number of fused-ring (bicyclic) bond motifs is 1. The van der Waals surface area contributed by atoms with Crippen molar-refractivity contribution < 1.29 is 17.9 Å². The Hall–Kier alpha value is -2.54. The van der Waals surface area contributed by atoms with E-state index >= 15 is 0 Å². The molecular formula is C17H18N2O4S. The minimum absolute atomic E-state index is 0.111. The third-order valence-corrected chi connectivity index (χ3v) is 4.96. The van der Waals surface area contributed by atoms with Crippen molar-refractivity contribution in [1.29, 1.82) is 0 Å². The highest BCUT2D eigenvalue weighted by Crippen LogP contribution is 2.30. The van der Waals surface area contributed by atoms with Crippen molar-refractivity contribution in [2.24, 2.45) is 0 Å². The first-order valence-electron chi connectivity index (χ1n) is 7.55. The van der Waals surface area contributed by atoms with Gasteiger partial charge in [-0.25, -0.2) is 8.42 Å². The van der Waals surface area contributed by atoms with Crippen molar-refractivity contribution in [3.8, 4) is 5.75 Å². The number of sulfonamides is 1. The van der Waals surface area contributed by atoms with Crippen LogP contribution in [0.15, 0.2) is 42.5 Å². The van der Waals surface area contributed by atoms with Gasteiger partial charge in [0.2, 0.25) is 15.9 Å². The maximum Gasteiger partial charge on any atom is 0.236 e. The van der Waals surface area contributed by atoms with Crippen LogP contribution in [0.25, 0.3) is 0 Å². The number of benzene rings is 2. The first-order chi connectivity index (χ1) is 11.4. The molecule has 0 saturated heterocycles. The van der Waals surface area contributed by atoms with E-state index in [2.05, 4.69) is 10.0 Å². The zero-order valence-corrected chi connectivity index (χ0v) is 14.0. The monoisotopic (exact) mass is 346 g/mol. The lowest BCUT2D eigenvalue weighted by atomic mass is 10.1. The largest absolute Gasteiger partial charge is 0.491 e. The van der Waals surface area contributed by atoms with Crippen molar-refractivity contribution in [2.75, 3.05) is 16.6 Å². The Morgan fingerprint density at radius 1 is 1.21 bits per heavy atom. The molecule has 1 heterocycles. The predicted octanol–water partition coefficient (Wildman–Crippen LogP) is 2.66. The molecule has 0 unspecified atom stereocenters. The second-order valence-electron chi connectivity index (χ2n) is 5.65. The van der Waals surface area contributed by atoms with E-state index in [1.54, 1.807) is 24.3 Å². The van der Waals surface area contributed by atoms with Gasteiger partial charge in [-0.05, 0) is 36.2 Å². The standard InChI is InChI=1S/C17H18N2O4S/c1-12-4-2-3-5-13(12)11-24(21,22)19-14-6-7-16-15(10-14)18-17(20)8-9-23-16/h2-7,10,19H,8-9,11H2,1H3,(H,18,20). The Morgan fingerprint density at radius 3 is 2.79 bits per heavy atom. The molecule has 0 bridgehead atoms. The van der Waals surface area contributed by atoms with Gasteiger partial charge in [0.25, 0.3) is 0 Å². The van der Waals surface area contributed by atoms with Crippen LogP contribution in [0.4, 0.5) is 11.4 Å². The number of amides is 1. The van der Waals surface area contributed by atoms with E-state index < -0.39 is 10.0 Å². The molecule has 0 aromatic heterocycles. The van der Waals surface area contributed by atoms with Crippen LogP contribution >= 0.6 is 0 Å². The lowest BCUT2D eigenvalue weighted by Crippen LogP contribution is -2.16. The summed E-state index contributed by atoms with van der Waals surface area (Å²) < 4.78 is 32.8. The van der Waals surface area contributed by atoms with Gasteiger partial charge >= 0.3 is 0 Å². The van der Waals surface area contributed by atoms with E-state index in [-0.39, 0.29) is 18.1 Å². The van der Waals surface area contributed by atoms with Gasteiger partial charge in [0, 0.05) is 0 Å².